The van der Waals surface area contributed by atoms with Crippen molar-refractivity contribution in [3.63, 3.8) is 0 Å². The highest BCUT2D eigenvalue weighted by atomic mass is 35.5. The number of carbonyl (C=O) groups excluding carboxylic acids is 2. The van der Waals surface area contributed by atoms with E-state index in [9.17, 15) is 18.0 Å². The van der Waals surface area contributed by atoms with Crippen molar-refractivity contribution in [1.82, 2.24) is 10.2 Å². The molecule has 0 saturated heterocycles. The molecule has 1 N–H and O–H groups in total. The molecule has 0 spiro atoms. The molecule has 3 rings (SSSR count). The Bertz CT molecular complexity index is 1350. The summed E-state index contributed by atoms with van der Waals surface area (Å²) in [4.78, 5) is 28.2. The molecule has 0 bridgehead atoms. The zero-order chi connectivity index (χ0) is 28.6. The fourth-order valence-corrected chi connectivity index (χ4v) is 5.37. The number of benzene rings is 3. The van der Waals surface area contributed by atoms with Gasteiger partial charge in [-0.1, -0.05) is 55.8 Å². The highest BCUT2D eigenvalue weighted by Gasteiger charge is 2.32. The van der Waals surface area contributed by atoms with Crippen LogP contribution in [0.4, 0.5) is 5.69 Å². The third-order valence-electron chi connectivity index (χ3n) is 6.09. The zero-order valence-electron chi connectivity index (χ0n) is 22.5. The van der Waals surface area contributed by atoms with Crippen molar-refractivity contribution in [2.24, 2.45) is 5.92 Å². The predicted octanol–water partition coefficient (Wildman–Crippen LogP) is 4.73. The molecule has 208 valence electrons. The number of nitrogens with zero attached hydrogens (tertiary/aromatic N) is 2. The zero-order valence-corrected chi connectivity index (χ0v) is 24.1. The number of hydrogen-bond donors (Lipinski definition) is 1. The van der Waals surface area contributed by atoms with Gasteiger partial charge in [-0.2, -0.15) is 0 Å². The maximum absolute atomic E-state index is 13.9. The predicted molar refractivity (Wildman–Crippen MR) is 153 cm³/mol. The number of nitrogens with one attached hydrogen (secondary N) is 1. The largest absolute Gasteiger partial charge is 0.497 e. The maximum atomic E-state index is 13.9. The molecule has 0 aromatic heterocycles. The number of hydrogen-bond acceptors (Lipinski definition) is 5. The SMILES string of the molecule is COc1ccc(S(=O)(=O)N(CC(=O)N(Cc2ccccc2)C(C)C(=O)NCC(C)C)c2ccc(Cl)cc2)cc1. The molecule has 39 heavy (non-hydrogen) atoms. The first kappa shape index (κ1) is 30.0. The third kappa shape index (κ3) is 7.97. The van der Waals surface area contributed by atoms with E-state index in [0.717, 1.165) is 9.87 Å². The normalized spacial score (nSPS) is 12.1. The number of rotatable bonds is 12. The second kappa shape index (κ2) is 13.5. The van der Waals surface area contributed by atoms with Gasteiger partial charge in [0.15, 0.2) is 0 Å². The number of amides is 2. The molecule has 2 amide bonds. The average Bonchev–Trinajstić information content (AvgIpc) is 2.93. The van der Waals surface area contributed by atoms with Gasteiger partial charge in [-0.15, -0.1) is 0 Å². The summed E-state index contributed by atoms with van der Waals surface area (Å²) in [5.41, 5.74) is 1.07. The number of carbonyl (C=O) groups is 2. The Balaban J connectivity index is 1.99. The van der Waals surface area contributed by atoms with Gasteiger partial charge in [0.05, 0.1) is 17.7 Å². The van der Waals surface area contributed by atoms with Gasteiger partial charge < -0.3 is 15.0 Å². The lowest BCUT2D eigenvalue weighted by Crippen LogP contribution is -2.51. The summed E-state index contributed by atoms with van der Waals surface area (Å²) in [5, 5.41) is 3.29. The first-order chi connectivity index (χ1) is 18.5. The van der Waals surface area contributed by atoms with Crippen LogP contribution < -0.4 is 14.4 Å². The minimum absolute atomic E-state index is 0.0108. The minimum Gasteiger partial charge on any atom is -0.497 e. The van der Waals surface area contributed by atoms with E-state index in [1.54, 1.807) is 19.1 Å². The second-order valence-electron chi connectivity index (χ2n) is 9.49. The van der Waals surface area contributed by atoms with Crippen molar-refractivity contribution in [2.75, 3.05) is 24.5 Å². The number of anilines is 1. The summed E-state index contributed by atoms with van der Waals surface area (Å²) < 4.78 is 33.8. The van der Waals surface area contributed by atoms with Crippen LogP contribution in [0.3, 0.4) is 0 Å². The molecule has 0 aliphatic carbocycles. The van der Waals surface area contributed by atoms with Gasteiger partial charge in [0.1, 0.15) is 18.3 Å². The van der Waals surface area contributed by atoms with E-state index in [1.807, 2.05) is 44.2 Å². The summed E-state index contributed by atoms with van der Waals surface area (Å²) in [6.07, 6.45) is 0. The molecule has 0 fully saturated rings. The van der Waals surface area contributed by atoms with Gasteiger partial charge >= 0.3 is 0 Å². The number of halogens is 1. The second-order valence-corrected chi connectivity index (χ2v) is 11.8. The van der Waals surface area contributed by atoms with E-state index in [0.29, 0.717) is 17.3 Å². The van der Waals surface area contributed by atoms with Gasteiger partial charge in [-0.3, -0.25) is 13.9 Å². The molecule has 0 heterocycles. The summed E-state index contributed by atoms with van der Waals surface area (Å²) in [5.74, 6) is -0.116. The lowest BCUT2D eigenvalue weighted by molar-refractivity contribution is -0.139. The van der Waals surface area contributed by atoms with Crippen LogP contribution in [0.15, 0.2) is 83.8 Å². The van der Waals surface area contributed by atoms with E-state index >= 15 is 0 Å². The van der Waals surface area contributed by atoms with Crippen LogP contribution in [0.25, 0.3) is 0 Å². The smallest absolute Gasteiger partial charge is 0.264 e. The monoisotopic (exact) mass is 571 g/mol. The Hall–Kier alpha value is -3.56. The Labute approximate surface area is 235 Å². The molecule has 0 aliphatic heterocycles. The van der Waals surface area contributed by atoms with Crippen molar-refractivity contribution in [3.8, 4) is 5.75 Å². The summed E-state index contributed by atoms with van der Waals surface area (Å²) >= 11 is 6.05. The van der Waals surface area contributed by atoms with Crippen molar-refractivity contribution in [3.05, 3.63) is 89.4 Å². The highest BCUT2D eigenvalue weighted by molar-refractivity contribution is 7.92. The van der Waals surface area contributed by atoms with Crippen LogP contribution in [0.1, 0.15) is 26.3 Å². The Morgan fingerprint density at radius 2 is 1.54 bits per heavy atom. The molecular weight excluding hydrogens is 538 g/mol. The van der Waals surface area contributed by atoms with Crippen molar-refractivity contribution >= 4 is 39.1 Å². The number of ether oxygens (including phenoxy) is 1. The fourth-order valence-electron chi connectivity index (χ4n) is 3.83. The van der Waals surface area contributed by atoms with Gasteiger partial charge in [-0.25, -0.2) is 8.42 Å². The fraction of sp³-hybridized carbons (Fsp3) is 0.310. The first-order valence-corrected chi connectivity index (χ1v) is 14.4. The lowest BCUT2D eigenvalue weighted by atomic mass is 10.1. The van der Waals surface area contributed by atoms with Crippen molar-refractivity contribution in [1.29, 1.82) is 0 Å². The number of sulfonamides is 1. The Morgan fingerprint density at radius 1 is 0.923 bits per heavy atom. The van der Waals surface area contributed by atoms with Crippen LogP contribution in [0.2, 0.25) is 5.02 Å². The average molecular weight is 572 g/mol. The van der Waals surface area contributed by atoms with Crippen LogP contribution in [0, 0.1) is 5.92 Å². The van der Waals surface area contributed by atoms with Crippen LogP contribution in [-0.4, -0.2) is 51.4 Å². The van der Waals surface area contributed by atoms with E-state index in [2.05, 4.69) is 5.32 Å². The quantitative estimate of drug-likeness (QED) is 0.339. The molecule has 1 unspecified atom stereocenters. The van der Waals surface area contributed by atoms with Gasteiger partial charge in [0.2, 0.25) is 11.8 Å². The van der Waals surface area contributed by atoms with Crippen LogP contribution >= 0.6 is 11.6 Å². The minimum atomic E-state index is -4.17. The van der Waals surface area contributed by atoms with E-state index in [-0.39, 0.29) is 29.0 Å². The maximum Gasteiger partial charge on any atom is 0.264 e. The Kier molecular flexibility index (Phi) is 10.4. The Morgan fingerprint density at radius 3 is 2.10 bits per heavy atom. The highest BCUT2D eigenvalue weighted by Crippen LogP contribution is 2.27. The molecule has 8 nitrogen and oxygen atoms in total. The molecular formula is C29H34ClN3O5S. The van der Waals surface area contributed by atoms with Crippen LogP contribution in [0.5, 0.6) is 5.75 Å². The van der Waals surface area contributed by atoms with Gasteiger partial charge in [0.25, 0.3) is 10.0 Å². The topological polar surface area (TPSA) is 96.0 Å². The molecule has 3 aromatic carbocycles. The molecule has 0 saturated carbocycles. The molecule has 10 heteroatoms. The van der Waals surface area contributed by atoms with Crippen molar-refractivity contribution in [2.45, 2.75) is 38.3 Å². The van der Waals surface area contributed by atoms with E-state index in [1.165, 1.54) is 48.4 Å². The number of methoxy groups -OCH3 is 1. The molecule has 0 radical (unpaired) electrons. The first-order valence-electron chi connectivity index (χ1n) is 12.6. The third-order valence-corrected chi connectivity index (χ3v) is 8.13. The summed E-state index contributed by atoms with van der Waals surface area (Å²) in [7, 11) is -2.69. The standard InChI is InChI=1S/C29H34ClN3O5S/c1-21(2)18-31-29(35)22(3)32(19-23-8-6-5-7-9-23)28(34)20-33(25-12-10-24(30)11-13-25)39(36,37)27-16-14-26(38-4)15-17-27/h5-17,21-22H,18-20H2,1-4H3,(H,31,35). The van der Waals surface area contributed by atoms with Crippen LogP contribution in [-0.2, 0) is 26.2 Å². The molecule has 1 atom stereocenters. The van der Waals surface area contributed by atoms with Gasteiger partial charge in [0, 0.05) is 18.1 Å². The van der Waals surface area contributed by atoms with Crippen molar-refractivity contribution < 1.29 is 22.7 Å². The summed E-state index contributed by atoms with van der Waals surface area (Å²) in [6, 6.07) is 20.5. The van der Waals surface area contributed by atoms with Gasteiger partial charge in [-0.05, 0) is 66.9 Å². The van der Waals surface area contributed by atoms with E-state index in [4.69, 9.17) is 16.3 Å². The summed E-state index contributed by atoms with van der Waals surface area (Å²) in [6.45, 7) is 5.66. The molecule has 0 aliphatic rings. The lowest BCUT2D eigenvalue weighted by Gasteiger charge is -2.32. The van der Waals surface area contributed by atoms with E-state index < -0.39 is 28.5 Å². The molecule has 3 aromatic rings.